The van der Waals surface area contributed by atoms with Crippen molar-refractivity contribution < 1.29 is 19.1 Å². The minimum absolute atomic E-state index is 0.295. The maximum Gasteiger partial charge on any atom is 0.332 e. The molecule has 0 saturated carbocycles. The van der Waals surface area contributed by atoms with Crippen LogP contribution in [0.4, 0.5) is 10.5 Å². The molecule has 0 aromatic heterocycles. The lowest BCUT2D eigenvalue weighted by atomic mass is 10.1. The molecule has 1 atom stereocenters. The molecule has 2 aliphatic heterocycles. The van der Waals surface area contributed by atoms with Crippen molar-refractivity contribution in [1.29, 1.82) is 0 Å². The summed E-state index contributed by atoms with van der Waals surface area (Å²) in [5, 5.41) is 0. The predicted molar refractivity (Wildman–Crippen MR) is 87.3 cm³/mol. The van der Waals surface area contributed by atoms with Crippen molar-refractivity contribution in [1.82, 2.24) is 4.90 Å². The fourth-order valence-electron chi connectivity index (χ4n) is 3.11. The summed E-state index contributed by atoms with van der Waals surface area (Å²) in [6, 6.07) is 13.5. The van der Waals surface area contributed by atoms with Crippen LogP contribution in [0.5, 0.6) is 11.5 Å². The summed E-state index contributed by atoms with van der Waals surface area (Å²) in [5.74, 6) is 0.689. The molecule has 0 bridgehead atoms. The quantitative estimate of drug-likeness (QED) is 0.797. The molecule has 0 aliphatic carbocycles. The molecule has 2 aromatic carbocycles. The van der Waals surface area contributed by atoms with Crippen molar-refractivity contribution in [2.75, 3.05) is 25.2 Å². The maximum absolute atomic E-state index is 13.0. The Morgan fingerprint density at radius 3 is 2.50 bits per heavy atom. The van der Waals surface area contributed by atoms with Crippen molar-refractivity contribution in [3.8, 4) is 11.5 Å². The number of hydrogen-bond acceptors (Lipinski definition) is 4. The van der Waals surface area contributed by atoms with Crippen LogP contribution in [0, 0.1) is 0 Å². The zero-order chi connectivity index (χ0) is 16.7. The predicted octanol–water partition coefficient (Wildman–Crippen LogP) is 2.60. The van der Waals surface area contributed by atoms with Crippen molar-refractivity contribution >= 4 is 17.6 Å². The SMILES string of the molecule is CN1C(=O)N(c2cccc3c2OCCO3)C(=O)C1c1ccccc1. The van der Waals surface area contributed by atoms with Crippen LogP contribution in [-0.4, -0.2) is 37.1 Å². The van der Waals surface area contributed by atoms with Crippen LogP contribution >= 0.6 is 0 Å². The van der Waals surface area contributed by atoms with E-state index in [2.05, 4.69) is 0 Å². The molecule has 2 aromatic rings. The molecular weight excluding hydrogens is 308 g/mol. The third-order valence-electron chi connectivity index (χ3n) is 4.24. The summed E-state index contributed by atoms with van der Waals surface area (Å²) in [7, 11) is 1.63. The molecule has 0 N–H and O–H groups in total. The van der Waals surface area contributed by atoms with Gasteiger partial charge in [0.25, 0.3) is 5.91 Å². The molecule has 0 spiro atoms. The number of hydrogen-bond donors (Lipinski definition) is 0. The van der Waals surface area contributed by atoms with Gasteiger partial charge >= 0.3 is 6.03 Å². The van der Waals surface area contributed by atoms with Crippen molar-refractivity contribution in [2.45, 2.75) is 6.04 Å². The lowest BCUT2D eigenvalue weighted by Gasteiger charge is -2.23. The monoisotopic (exact) mass is 324 g/mol. The summed E-state index contributed by atoms with van der Waals surface area (Å²) >= 11 is 0. The molecule has 4 rings (SSSR count). The van der Waals surface area contributed by atoms with Crippen molar-refractivity contribution in [2.24, 2.45) is 0 Å². The first-order valence-corrected chi connectivity index (χ1v) is 7.73. The van der Waals surface area contributed by atoms with E-state index in [0.29, 0.717) is 30.4 Å². The molecule has 24 heavy (non-hydrogen) atoms. The molecule has 1 saturated heterocycles. The van der Waals surface area contributed by atoms with E-state index in [4.69, 9.17) is 9.47 Å². The number of anilines is 1. The van der Waals surface area contributed by atoms with E-state index in [1.54, 1.807) is 25.2 Å². The van der Waals surface area contributed by atoms with E-state index in [0.717, 1.165) is 5.56 Å². The van der Waals surface area contributed by atoms with Gasteiger partial charge in [0.2, 0.25) is 0 Å². The third kappa shape index (κ3) is 2.11. The number of para-hydroxylation sites is 1. The molecule has 6 nitrogen and oxygen atoms in total. The van der Waals surface area contributed by atoms with Crippen molar-refractivity contribution in [3.05, 3.63) is 54.1 Å². The highest BCUT2D eigenvalue weighted by Crippen LogP contribution is 2.43. The molecule has 2 aliphatic rings. The molecule has 1 unspecified atom stereocenters. The van der Waals surface area contributed by atoms with Crippen LogP contribution in [-0.2, 0) is 4.79 Å². The van der Waals surface area contributed by atoms with Gasteiger partial charge in [0.1, 0.15) is 19.3 Å². The highest BCUT2D eigenvalue weighted by Gasteiger charge is 2.46. The lowest BCUT2D eigenvalue weighted by Crippen LogP contribution is -2.32. The maximum atomic E-state index is 13.0. The minimum atomic E-state index is -0.640. The topological polar surface area (TPSA) is 59.1 Å². The lowest BCUT2D eigenvalue weighted by molar-refractivity contribution is -0.119. The first-order chi connectivity index (χ1) is 11.7. The number of rotatable bonds is 2. The minimum Gasteiger partial charge on any atom is -0.486 e. The van der Waals surface area contributed by atoms with Crippen LogP contribution in [0.15, 0.2) is 48.5 Å². The fraction of sp³-hybridized carbons (Fsp3) is 0.222. The van der Waals surface area contributed by atoms with Gasteiger partial charge in [0, 0.05) is 7.05 Å². The van der Waals surface area contributed by atoms with Gasteiger partial charge in [-0.25, -0.2) is 9.69 Å². The third-order valence-corrected chi connectivity index (χ3v) is 4.24. The molecule has 6 heteroatoms. The van der Waals surface area contributed by atoms with E-state index >= 15 is 0 Å². The average Bonchev–Trinajstić information content (AvgIpc) is 2.84. The Bertz CT molecular complexity index is 806. The summed E-state index contributed by atoms with van der Waals surface area (Å²) < 4.78 is 11.2. The Balaban J connectivity index is 1.77. The number of imide groups is 1. The number of amides is 3. The summed E-state index contributed by atoms with van der Waals surface area (Å²) in [6.07, 6.45) is 0. The molecule has 2 heterocycles. The second-order valence-corrected chi connectivity index (χ2v) is 5.68. The van der Waals surface area contributed by atoms with Crippen LogP contribution in [0.2, 0.25) is 0 Å². The fourth-order valence-corrected chi connectivity index (χ4v) is 3.11. The standard InChI is InChI=1S/C18H16N2O4/c1-19-15(12-6-3-2-4-7-12)17(21)20(18(19)22)13-8-5-9-14-16(13)24-11-10-23-14/h2-9,15H,10-11H2,1H3. The first kappa shape index (κ1) is 14.6. The number of benzene rings is 2. The number of ether oxygens (including phenoxy) is 2. The van der Waals surface area contributed by atoms with Crippen molar-refractivity contribution in [3.63, 3.8) is 0 Å². The Kier molecular flexibility index (Phi) is 3.37. The van der Waals surface area contributed by atoms with Gasteiger partial charge in [-0.2, -0.15) is 0 Å². The van der Waals surface area contributed by atoms with E-state index in [9.17, 15) is 9.59 Å². The molecule has 0 radical (unpaired) electrons. The first-order valence-electron chi connectivity index (χ1n) is 7.73. The van der Waals surface area contributed by atoms with E-state index < -0.39 is 6.04 Å². The van der Waals surface area contributed by atoms with Gasteiger partial charge in [0.15, 0.2) is 11.5 Å². The number of carbonyl (C=O) groups excluding carboxylic acids is 2. The number of carbonyl (C=O) groups is 2. The van der Waals surface area contributed by atoms with Gasteiger partial charge in [-0.1, -0.05) is 36.4 Å². The Morgan fingerprint density at radius 1 is 0.958 bits per heavy atom. The normalized spacial score (nSPS) is 19.8. The van der Waals surface area contributed by atoms with E-state index in [1.807, 2.05) is 30.3 Å². The number of urea groups is 1. The van der Waals surface area contributed by atoms with Crippen LogP contribution in [0.3, 0.4) is 0 Å². The van der Waals surface area contributed by atoms with E-state index in [-0.39, 0.29) is 11.9 Å². The highest BCUT2D eigenvalue weighted by atomic mass is 16.6. The Labute approximate surface area is 139 Å². The number of nitrogens with zero attached hydrogens (tertiary/aromatic N) is 2. The van der Waals surface area contributed by atoms with Gasteiger partial charge in [-0.3, -0.25) is 4.79 Å². The second-order valence-electron chi connectivity index (χ2n) is 5.68. The molecule has 122 valence electrons. The average molecular weight is 324 g/mol. The number of likely N-dealkylation sites (N-methyl/N-ethyl adjacent to an activating group) is 1. The smallest absolute Gasteiger partial charge is 0.332 e. The molecule has 1 fully saturated rings. The summed E-state index contributed by atoms with van der Waals surface area (Å²) in [5.41, 5.74) is 1.20. The summed E-state index contributed by atoms with van der Waals surface area (Å²) in [6.45, 7) is 0.836. The largest absolute Gasteiger partial charge is 0.486 e. The van der Waals surface area contributed by atoms with Crippen LogP contribution in [0.1, 0.15) is 11.6 Å². The zero-order valence-corrected chi connectivity index (χ0v) is 13.1. The Morgan fingerprint density at radius 2 is 1.71 bits per heavy atom. The van der Waals surface area contributed by atoms with Crippen LogP contribution < -0.4 is 14.4 Å². The van der Waals surface area contributed by atoms with E-state index in [1.165, 1.54) is 9.80 Å². The summed E-state index contributed by atoms with van der Waals surface area (Å²) in [4.78, 5) is 28.3. The van der Waals surface area contributed by atoms with Gasteiger partial charge in [0.05, 0.1) is 5.69 Å². The van der Waals surface area contributed by atoms with Gasteiger partial charge in [-0.05, 0) is 17.7 Å². The number of fused-ring (bicyclic) bond motifs is 1. The Hall–Kier alpha value is -3.02. The van der Waals surface area contributed by atoms with Gasteiger partial charge in [-0.15, -0.1) is 0 Å². The second kappa shape index (κ2) is 5.56. The van der Waals surface area contributed by atoms with Gasteiger partial charge < -0.3 is 14.4 Å². The molecular formula is C18H16N2O4. The zero-order valence-electron chi connectivity index (χ0n) is 13.1. The molecule has 3 amide bonds. The van der Waals surface area contributed by atoms with Crippen LogP contribution in [0.25, 0.3) is 0 Å². The highest BCUT2D eigenvalue weighted by molar-refractivity contribution is 6.22.